The molecule has 0 saturated carbocycles. The molecule has 0 atom stereocenters. The standard InChI is InChI=1S/C33H38N4O3/c1-23(2)21-36(32(39)25-12-14-26(15-13-25)33(3,4)5)22-31(38)34-30-20-29(24-10-8-7-9-11-24)35-37(30)27-16-18-28(40-6)19-17-27/h7-20,23H,21-22H2,1-6H3,(H,34,38). The number of anilines is 1. The number of amides is 2. The lowest BCUT2D eigenvalue weighted by molar-refractivity contribution is -0.117. The first-order valence-corrected chi connectivity index (χ1v) is 13.5. The zero-order valence-electron chi connectivity index (χ0n) is 24.1. The van der Waals surface area contributed by atoms with E-state index in [0.717, 1.165) is 28.3 Å². The summed E-state index contributed by atoms with van der Waals surface area (Å²) >= 11 is 0. The maximum atomic E-state index is 13.5. The van der Waals surface area contributed by atoms with Crippen molar-refractivity contribution in [2.75, 3.05) is 25.5 Å². The summed E-state index contributed by atoms with van der Waals surface area (Å²) in [5.74, 6) is 0.969. The van der Waals surface area contributed by atoms with Crippen LogP contribution in [-0.4, -0.2) is 46.7 Å². The second-order valence-electron chi connectivity index (χ2n) is 11.3. The fourth-order valence-corrected chi connectivity index (χ4v) is 4.45. The van der Waals surface area contributed by atoms with Gasteiger partial charge >= 0.3 is 0 Å². The van der Waals surface area contributed by atoms with Gasteiger partial charge in [0, 0.05) is 23.7 Å². The van der Waals surface area contributed by atoms with E-state index in [1.54, 1.807) is 16.7 Å². The van der Waals surface area contributed by atoms with Gasteiger partial charge in [-0.25, -0.2) is 4.68 Å². The number of carbonyl (C=O) groups excluding carboxylic acids is 2. The van der Waals surface area contributed by atoms with Gasteiger partial charge in [-0.2, -0.15) is 5.10 Å². The van der Waals surface area contributed by atoms with Crippen molar-refractivity contribution in [1.82, 2.24) is 14.7 Å². The highest BCUT2D eigenvalue weighted by molar-refractivity contribution is 5.99. The maximum absolute atomic E-state index is 13.5. The van der Waals surface area contributed by atoms with Crippen LogP contribution < -0.4 is 10.1 Å². The maximum Gasteiger partial charge on any atom is 0.254 e. The summed E-state index contributed by atoms with van der Waals surface area (Å²) in [5, 5.41) is 7.78. The molecule has 3 aromatic carbocycles. The fourth-order valence-electron chi connectivity index (χ4n) is 4.45. The number of methoxy groups -OCH3 is 1. The van der Waals surface area contributed by atoms with Crippen LogP contribution in [0.2, 0.25) is 0 Å². The lowest BCUT2D eigenvalue weighted by Crippen LogP contribution is -2.40. The largest absolute Gasteiger partial charge is 0.497 e. The Labute approximate surface area is 236 Å². The minimum atomic E-state index is -0.297. The van der Waals surface area contributed by atoms with Crippen molar-refractivity contribution in [3.63, 3.8) is 0 Å². The van der Waals surface area contributed by atoms with E-state index >= 15 is 0 Å². The quantitative estimate of drug-likeness (QED) is 0.261. The summed E-state index contributed by atoms with van der Waals surface area (Å²) in [4.78, 5) is 28.5. The Morgan fingerprint density at radius 1 is 0.950 bits per heavy atom. The second-order valence-corrected chi connectivity index (χ2v) is 11.3. The van der Waals surface area contributed by atoms with Gasteiger partial charge in [0.05, 0.1) is 18.5 Å². The average molecular weight is 539 g/mol. The van der Waals surface area contributed by atoms with Crippen LogP contribution >= 0.6 is 0 Å². The molecule has 0 unspecified atom stereocenters. The van der Waals surface area contributed by atoms with Gasteiger partial charge in [-0.15, -0.1) is 0 Å². The van der Waals surface area contributed by atoms with Gasteiger partial charge in [0.15, 0.2) is 0 Å². The molecule has 0 saturated heterocycles. The smallest absolute Gasteiger partial charge is 0.254 e. The van der Waals surface area contributed by atoms with Crippen molar-refractivity contribution in [2.45, 2.75) is 40.0 Å². The molecule has 40 heavy (non-hydrogen) atoms. The Balaban J connectivity index is 1.59. The molecule has 1 N–H and O–H groups in total. The molecule has 1 aromatic heterocycles. The Morgan fingerprint density at radius 3 is 2.17 bits per heavy atom. The van der Waals surface area contributed by atoms with Crippen LogP contribution in [0.15, 0.2) is 84.9 Å². The zero-order chi connectivity index (χ0) is 28.9. The van der Waals surface area contributed by atoms with Crippen LogP contribution in [0.25, 0.3) is 16.9 Å². The average Bonchev–Trinajstić information content (AvgIpc) is 3.35. The summed E-state index contributed by atoms with van der Waals surface area (Å²) in [7, 11) is 1.62. The summed E-state index contributed by atoms with van der Waals surface area (Å²) in [6.45, 7) is 10.9. The Hall–Kier alpha value is -4.39. The molecule has 2 amide bonds. The number of hydrogen-bond donors (Lipinski definition) is 1. The SMILES string of the molecule is COc1ccc(-n2nc(-c3ccccc3)cc2NC(=O)CN(CC(C)C)C(=O)c2ccc(C(C)(C)C)cc2)cc1. The van der Waals surface area contributed by atoms with Crippen molar-refractivity contribution in [3.8, 4) is 22.7 Å². The highest BCUT2D eigenvalue weighted by Gasteiger charge is 2.22. The molecule has 0 spiro atoms. The highest BCUT2D eigenvalue weighted by Crippen LogP contribution is 2.26. The first-order chi connectivity index (χ1) is 19.0. The van der Waals surface area contributed by atoms with Gasteiger partial charge in [0.2, 0.25) is 5.91 Å². The number of benzene rings is 3. The first kappa shape index (κ1) is 28.6. The molecule has 1 heterocycles. The van der Waals surface area contributed by atoms with Crippen LogP contribution in [-0.2, 0) is 10.2 Å². The van der Waals surface area contributed by atoms with E-state index in [9.17, 15) is 9.59 Å². The van der Waals surface area contributed by atoms with Gasteiger partial charge in [-0.05, 0) is 53.3 Å². The number of rotatable bonds is 9. The van der Waals surface area contributed by atoms with E-state index in [-0.39, 0.29) is 29.7 Å². The normalized spacial score (nSPS) is 11.4. The van der Waals surface area contributed by atoms with Crippen molar-refractivity contribution >= 4 is 17.6 Å². The van der Waals surface area contributed by atoms with Crippen LogP contribution in [0.1, 0.15) is 50.5 Å². The highest BCUT2D eigenvalue weighted by atomic mass is 16.5. The number of ether oxygens (including phenoxy) is 1. The monoisotopic (exact) mass is 538 g/mol. The number of nitrogens with zero attached hydrogens (tertiary/aromatic N) is 3. The van der Waals surface area contributed by atoms with Crippen molar-refractivity contribution in [3.05, 3.63) is 96.1 Å². The number of aromatic nitrogens is 2. The molecule has 208 valence electrons. The van der Waals surface area contributed by atoms with E-state index in [0.29, 0.717) is 17.9 Å². The third-order valence-electron chi connectivity index (χ3n) is 6.57. The minimum Gasteiger partial charge on any atom is -0.497 e. The number of carbonyl (C=O) groups is 2. The Morgan fingerprint density at radius 2 is 1.60 bits per heavy atom. The van der Waals surface area contributed by atoms with Gasteiger partial charge in [0.1, 0.15) is 18.1 Å². The third-order valence-corrected chi connectivity index (χ3v) is 6.57. The summed E-state index contributed by atoms with van der Waals surface area (Å²) in [5.41, 5.74) is 4.13. The molecule has 7 nitrogen and oxygen atoms in total. The summed E-state index contributed by atoms with van der Waals surface area (Å²) in [6.07, 6.45) is 0. The van der Waals surface area contributed by atoms with Gasteiger partial charge in [-0.3, -0.25) is 9.59 Å². The number of hydrogen-bond acceptors (Lipinski definition) is 4. The topological polar surface area (TPSA) is 76.5 Å². The summed E-state index contributed by atoms with van der Waals surface area (Å²) in [6, 6.07) is 26.8. The molecule has 0 fully saturated rings. The predicted molar refractivity (Wildman–Crippen MR) is 160 cm³/mol. The van der Waals surface area contributed by atoms with Gasteiger partial charge < -0.3 is 15.0 Å². The molecule has 0 aliphatic carbocycles. The lowest BCUT2D eigenvalue weighted by Gasteiger charge is -2.25. The molecule has 0 bridgehead atoms. The van der Waals surface area contributed by atoms with E-state index in [4.69, 9.17) is 9.84 Å². The van der Waals surface area contributed by atoms with Crippen molar-refractivity contribution in [1.29, 1.82) is 0 Å². The Bertz CT molecular complexity index is 1430. The van der Waals surface area contributed by atoms with E-state index < -0.39 is 0 Å². The van der Waals surface area contributed by atoms with Gasteiger partial charge in [-0.1, -0.05) is 77.1 Å². The molecule has 4 aromatic rings. The summed E-state index contributed by atoms with van der Waals surface area (Å²) < 4.78 is 6.99. The van der Waals surface area contributed by atoms with Crippen molar-refractivity contribution in [2.24, 2.45) is 5.92 Å². The molecule has 0 radical (unpaired) electrons. The zero-order valence-corrected chi connectivity index (χ0v) is 24.1. The minimum absolute atomic E-state index is 0.00940. The van der Waals surface area contributed by atoms with Crippen LogP contribution in [0, 0.1) is 5.92 Å². The van der Waals surface area contributed by atoms with Crippen LogP contribution in [0.3, 0.4) is 0 Å². The molecular weight excluding hydrogens is 500 g/mol. The van der Waals surface area contributed by atoms with Crippen LogP contribution in [0.5, 0.6) is 5.75 Å². The van der Waals surface area contributed by atoms with E-state index in [1.807, 2.05) is 98.8 Å². The second kappa shape index (κ2) is 12.2. The predicted octanol–water partition coefficient (Wildman–Crippen LogP) is 6.58. The number of nitrogens with one attached hydrogen (secondary N) is 1. The third kappa shape index (κ3) is 6.97. The van der Waals surface area contributed by atoms with Crippen molar-refractivity contribution < 1.29 is 14.3 Å². The lowest BCUT2D eigenvalue weighted by atomic mass is 9.86. The first-order valence-electron chi connectivity index (χ1n) is 13.5. The Kier molecular flexibility index (Phi) is 8.73. The molecule has 0 aliphatic heterocycles. The molecule has 0 aliphatic rings. The van der Waals surface area contributed by atoms with E-state index in [1.165, 1.54) is 0 Å². The van der Waals surface area contributed by atoms with Crippen LogP contribution in [0.4, 0.5) is 5.82 Å². The fraction of sp³-hybridized carbons (Fsp3) is 0.303. The van der Waals surface area contributed by atoms with Gasteiger partial charge in [0.25, 0.3) is 5.91 Å². The van der Waals surface area contributed by atoms with E-state index in [2.05, 4.69) is 26.1 Å². The molecule has 7 heteroatoms. The molecule has 4 rings (SSSR count). The molecular formula is C33H38N4O3.